The van der Waals surface area contributed by atoms with Crippen molar-refractivity contribution in [2.45, 2.75) is 57.6 Å². The molecule has 37 heavy (non-hydrogen) atoms. The minimum Gasteiger partial charge on any atom is -0.405 e. The van der Waals surface area contributed by atoms with Crippen LogP contribution in [0.15, 0.2) is 89.1 Å². The number of aliphatic hydroxyl groups excluding tert-OH is 1. The molecular weight excluding hydrogens is 484 g/mol. The van der Waals surface area contributed by atoms with Gasteiger partial charge in [0.25, 0.3) is 13.9 Å². The van der Waals surface area contributed by atoms with Gasteiger partial charge in [0.15, 0.2) is 0 Å². The van der Waals surface area contributed by atoms with E-state index in [0.29, 0.717) is 12.0 Å². The lowest BCUT2D eigenvalue weighted by Gasteiger charge is -2.43. The van der Waals surface area contributed by atoms with Crippen molar-refractivity contribution in [3.8, 4) is 0 Å². The Balaban J connectivity index is 1.72. The Morgan fingerprint density at radius 2 is 1.65 bits per heavy atom. The van der Waals surface area contributed by atoms with Crippen LogP contribution in [0.3, 0.4) is 0 Å². The lowest BCUT2D eigenvalue weighted by molar-refractivity contribution is -0.0450. The van der Waals surface area contributed by atoms with Crippen LogP contribution in [-0.2, 0) is 9.16 Å². The number of allylic oxidation sites excluding steroid dienone is 1. The zero-order chi connectivity index (χ0) is 26.8. The number of aryl methyl sites for hydroxylation is 1. The Morgan fingerprint density at radius 3 is 2.16 bits per heavy atom. The van der Waals surface area contributed by atoms with Crippen molar-refractivity contribution in [3.05, 3.63) is 106 Å². The number of ether oxygens (including phenoxy) is 1. The van der Waals surface area contributed by atoms with Crippen LogP contribution >= 0.6 is 0 Å². The lowest BCUT2D eigenvalue weighted by Crippen LogP contribution is -2.67. The third kappa shape index (κ3) is 5.07. The monoisotopic (exact) mass is 520 g/mol. The Labute approximate surface area is 218 Å². The van der Waals surface area contributed by atoms with Gasteiger partial charge in [-0.25, -0.2) is 4.79 Å². The largest absolute Gasteiger partial charge is 0.405 e. The molecule has 2 N–H and O–H groups in total. The fourth-order valence-electron chi connectivity index (χ4n) is 5.41. The van der Waals surface area contributed by atoms with E-state index in [9.17, 15) is 14.7 Å². The zero-order valence-corrected chi connectivity index (χ0v) is 22.9. The number of benzene rings is 2. The molecule has 3 aromatic rings. The van der Waals surface area contributed by atoms with Crippen molar-refractivity contribution in [1.29, 1.82) is 0 Å². The van der Waals surface area contributed by atoms with Gasteiger partial charge in [0.1, 0.15) is 12.3 Å². The van der Waals surface area contributed by atoms with Gasteiger partial charge < -0.3 is 14.3 Å². The van der Waals surface area contributed by atoms with E-state index in [4.69, 9.17) is 9.16 Å². The van der Waals surface area contributed by atoms with Gasteiger partial charge in [0.05, 0.1) is 12.7 Å². The van der Waals surface area contributed by atoms with E-state index in [1.54, 1.807) is 13.0 Å². The fourth-order valence-corrected chi connectivity index (χ4v) is 9.98. The van der Waals surface area contributed by atoms with Crippen molar-refractivity contribution in [3.63, 3.8) is 0 Å². The Hall–Kier alpha value is -3.04. The molecule has 2 aromatic carbocycles. The normalized spacial score (nSPS) is 22.2. The molecule has 0 bridgehead atoms. The molecule has 7 nitrogen and oxygen atoms in total. The topological polar surface area (TPSA) is 93.5 Å². The molecule has 0 saturated carbocycles. The SMILES string of the molecule is C=CC[C@@H]1[C@H](O)[C@@H](CO[Si](c2ccccc2)(c2ccccc2)C(C)(C)C)O[C@H]1n1cc(C)c(=O)[nH]c1=O. The molecule has 0 unspecified atom stereocenters. The van der Waals surface area contributed by atoms with Crippen molar-refractivity contribution in [2.75, 3.05) is 6.61 Å². The lowest BCUT2D eigenvalue weighted by atomic mass is 9.96. The molecule has 0 spiro atoms. The molecule has 1 aromatic heterocycles. The number of aliphatic hydroxyl groups is 1. The summed E-state index contributed by atoms with van der Waals surface area (Å²) in [7, 11) is -2.84. The summed E-state index contributed by atoms with van der Waals surface area (Å²) in [6.07, 6.45) is 1.31. The highest BCUT2D eigenvalue weighted by molar-refractivity contribution is 6.99. The minimum absolute atomic E-state index is 0.148. The van der Waals surface area contributed by atoms with E-state index < -0.39 is 43.9 Å². The van der Waals surface area contributed by atoms with Crippen molar-refractivity contribution < 1.29 is 14.3 Å². The van der Waals surface area contributed by atoms with Crippen LogP contribution in [0.1, 0.15) is 39.0 Å². The number of hydrogen-bond acceptors (Lipinski definition) is 5. The van der Waals surface area contributed by atoms with Gasteiger partial charge in [-0.15, -0.1) is 6.58 Å². The van der Waals surface area contributed by atoms with Crippen LogP contribution in [0.25, 0.3) is 0 Å². The van der Waals surface area contributed by atoms with Crippen LogP contribution in [0.5, 0.6) is 0 Å². The molecule has 4 atom stereocenters. The molecule has 4 rings (SSSR count). The number of nitrogens with one attached hydrogen (secondary N) is 1. The van der Waals surface area contributed by atoms with Crippen molar-refractivity contribution in [1.82, 2.24) is 9.55 Å². The zero-order valence-electron chi connectivity index (χ0n) is 21.9. The van der Waals surface area contributed by atoms with Gasteiger partial charge in [-0.1, -0.05) is 87.5 Å². The maximum absolute atomic E-state index is 12.7. The molecule has 196 valence electrons. The third-order valence-electron chi connectivity index (χ3n) is 7.24. The molecule has 0 aliphatic carbocycles. The highest BCUT2D eigenvalue weighted by Gasteiger charge is 2.52. The van der Waals surface area contributed by atoms with Gasteiger partial charge in [-0.05, 0) is 28.8 Å². The summed E-state index contributed by atoms with van der Waals surface area (Å²) in [6, 6.07) is 20.5. The smallest absolute Gasteiger partial charge is 0.330 e. The second-order valence-electron chi connectivity index (χ2n) is 10.7. The van der Waals surface area contributed by atoms with E-state index in [1.165, 1.54) is 10.8 Å². The quantitative estimate of drug-likeness (QED) is 0.352. The van der Waals surface area contributed by atoms with E-state index >= 15 is 0 Å². The predicted molar refractivity (Wildman–Crippen MR) is 148 cm³/mol. The second-order valence-corrected chi connectivity index (χ2v) is 15.0. The first-order chi connectivity index (χ1) is 17.6. The number of aromatic amines is 1. The Bertz CT molecular complexity index is 1290. The summed E-state index contributed by atoms with van der Waals surface area (Å²) in [5.41, 5.74) is -0.621. The molecule has 1 aliphatic rings. The van der Waals surface area contributed by atoms with Gasteiger partial charge in [0, 0.05) is 17.7 Å². The summed E-state index contributed by atoms with van der Waals surface area (Å²) in [4.78, 5) is 26.9. The highest BCUT2D eigenvalue weighted by atomic mass is 28.4. The molecule has 1 saturated heterocycles. The van der Waals surface area contributed by atoms with Gasteiger partial charge in [-0.2, -0.15) is 0 Å². The summed E-state index contributed by atoms with van der Waals surface area (Å²) >= 11 is 0. The highest BCUT2D eigenvalue weighted by Crippen LogP contribution is 2.40. The predicted octanol–water partition coefficient (Wildman–Crippen LogP) is 2.87. The number of H-pyrrole nitrogens is 1. The molecular formula is C29H36N2O5Si. The average Bonchev–Trinajstić information content (AvgIpc) is 3.17. The fraction of sp³-hybridized carbons (Fsp3) is 0.379. The maximum atomic E-state index is 12.7. The molecule has 8 heteroatoms. The summed E-state index contributed by atoms with van der Waals surface area (Å²) in [5.74, 6) is -0.423. The van der Waals surface area contributed by atoms with Crippen LogP contribution in [0, 0.1) is 12.8 Å². The summed E-state index contributed by atoms with van der Waals surface area (Å²) in [5, 5.41) is 13.4. The summed E-state index contributed by atoms with van der Waals surface area (Å²) in [6.45, 7) is 12.2. The van der Waals surface area contributed by atoms with E-state index in [-0.39, 0.29) is 11.6 Å². The van der Waals surface area contributed by atoms with Crippen molar-refractivity contribution >= 4 is 18.7 Å². The Kier molecular flexibility index (Phi) is 7.85. The molecule has 0 amide bonds. The number of aromatic nitrogens is 2. The van der Waals surface area contributed by atoms with Crippen LogP contribution in [-0.4, -0.2) is 41.8 Å². The Morgan fingerprint density at radius 1 is 1.08 bits per heavy atom. The molecule has 2 heterocycles. The van der Waals surface area contributed by atoms with Crippen LogP contribution in [0.4, 0.5) is 0 Å². The number of nitrogens with zero attached hydrogens (tertiary/aromatic N) is 1. The average molecular weight is 521 g/mol. The standard InChI is InChI=1S/C29H36N2O5Si/c1-6-13-23-25(32)24(36-27(23)31-18-20(2)26(33)30-28(31)34)19-35-37(29(3,4)5,21-14-9-7-10-15-21)22-16-11-8-12-17-22/h6-12,14-18,23-25,27,32H,1,13,19H2,2-5H3,(H,30,33,34)/t23-,24-,25+,27-/m1/s1. The van der Waals surface area contributed by atoms with Gasteiger partial charge >= 0.3 is 5.69 Å². The van der Waals surface area contributed by atoms with E-state index in [2.05, 4.69) is 56.6 Å². The van der Waals surface area contributed by atoms with E-state index in [1.807, 2.05) is 36.4 Å². The summed E-state index contributed by atoms with van der Waals surface area (Å²) < 4.78 is 14.7. The van der Waals surface area contributed by atoms with Crippen molar-refractivity contribution in [2.24, 2.45) is 5.92 Å². The molecule has 0 radical (unpaired) electrons. The minimum atomic E-state index is -2.84. The maximum Gasteiger partial charge on any atom is 0.330 e. The molecule has 1 fully saturated rings. The first-order valence-electron chi connectivity index (χ1n) is 12.6. The van der Waals surface area contributed by atoms with E-state index in [0.717, 1.165) is 10.4 Å². The first kappa shape index (κ1) is 27.0. The molecule has 1 aliphatic heterocycles. The van der Waals surface area contributed by atoms with Gasteiger partial charge in [-0.3, -0.25) is 14.3 Å². The van der Waals surface area contributed by atoms with Crippen LogP contribution in [0.2, 0.25) is 5.04 Å². The third-order valence-corrected chi connectivity index (χ3v) is 12.2. The van der Waals surface area contributed by atoms with Crippen LogP contribution < -0.4 is 21.6 Å². The number of rotatable bonds is 8. The first-order valence-corrected chi connectivity index (χ1v) is 14.5. The second kappa shape index (κ2) is 10.7. The van der Waals surface area contributed by atoms with Gasteiger partial charge in [0.2, 0.25) is 0 Å². The number of hydrogen-bond donors (Lipinski definition) is 2.